The highest BCUT2D eigenvalue weighted by atomic mass is 16.6. The standard InChI is InChI=1S/C15H22O2.C14H20O2/c1-10(2)13(16)17-15-7-11-4-12(8-15)6-14(3,5-11)9-15;1-9(2)13(15)16-14-6-10-3-11(7-14)5-12(4-10)8-14/h11-12H,1,4-9H2,2-3H3;10-12H,1,3-8H2,2H3. The maximum absolute atomic E-state index is 11.8. The van der Waals surface area contributed by atoms with Crippen LogP contribution >= 0.6 is 0 Å². The molecule has 4 heteroatoms. The molecule has 8 aliphatic carbocycles. The molecule has 0 spiro atoms. The van der Waals surface area contributed by atoms with E-state index in [0.717, 1.165) is 68.1 Å². The highest BCUT2D eigenvalue weighted by Crippen LogP contribution is 2.62. The lowest BCUT2D eigenvalue weighted by Gasteiger charge is -2.60. The van der Waals surface area contributed by atoms with E-state index < -0.39 is 0 Å². The Morgan fingerprint density at radius 1 is 0.636 bits per heavy atom. The third kappa shape index (κ3) is 4.56. The number of rotatable bonds is 4. The van der Waals surface area contributed by atoms with E-state index in [-0.39, 0.29) is 23.1 Å². The SMILES string of the molecule is C=C(C)C(=O)OC12CC3CC(CC(C)(C3)C1)C2.C=C(C)C(=O)OC12CC3CC(CC(C3)C1)C2. The molecule has 8 saturated carbocycles. The first-order valence-electron chi connectivity index (χ1n) is 13.2. The molecule has 2 atom stereocenters. The van der Waals surface area contributed by atoms with Gasteiger partial charge in [-0.1, -0.05) is 20.1 Å². The molecule has 182 valence electrons. The molecule has 4 nitrogen and oxygen atoms in total. The van der Waals surface area contributed by atoms with Crippen molar-refractivity contribution < 1.29 is 19.1 Å². The molecule has 0 saturated heterocycles. The van der Waals surface area contributed by atoms with E-state index in [4.69, 9.17) is 9.47 Å². The van der Waals surface area contributed by atoms with Crippen molar-refractivity contribution in [3.8, 4) is 0 Å². The van der Waals surface area contributed by atoms with Crippen LogP contribution in [0.2, 0.25) is 0 Å². The van der Waals surface area contributed by atoms with E-state index in [2.05, 4.69) is 20.1 Å². The Bertz CT molecular complexity index is 818. The van der Waals surface area contributed by atoms with Gasteiger partial charge in [0.15, 0.2) is 0 Å². The van der Waals surface area contributed by atoms with Crippen molar-refractivity contribution in [2.45, 2.75) is 109 Å². The van der Waals surface area contributed by atoms with Crippen LogP contribution in [0.3, 0.4) is 0 Å². The first-order valence-corrected chi connectivity index (χ1v) is 13.2. The minimum atomic E-state index is -0.185. The number of esters is 2. The van der Waals surface area contributed by atoms with Gasteiger partial charge in [0.05, 0.1) is 0 Å². The van der Waals surface area contributed by atoms with E-state index in [1.807, 2.05) is 0 Å². The van der Waals surface area contributed by atoms with Crippen molar-refractivity contribution in [1.29, 1.82) is 0 Å². The third-order valence-corrected chi connectivity index (χ3v) is 9.60. The summed E-state index contributed by atoms with van der Waals surface area (Å²) in [6.07, 6.45) is 14.8. The maximum Gasteiger partial charge on any atom is 0.333 e. The first kappa shape index (κ1) is 23.2. The van der Waals surface area contributed by atoms with Crippen LogP contribution in [0.1, 0.15) is 97.8 Å². The summed E-state index contributed by atoms with van der Waals surface area (Å²) in [7, 11) is 0. The summed E-state index contributed by atoms with van der Waals surface area (Å²) >= 11 is 0. The number of carbonyl (C=O) groups is 2. The fourth-order valence-corrected chi connectivity index (χ4v) is 9.47. The summed E-state index contributed by atoms with van der Waals surface area (Å²) in [5.41, 5.74) is 1.25. The Morgan fingerprint density at radius 3 is 1.39 bits per heavy atom. The minimum absolute atomic E-state index is 0.106. The zero-order valence-electron chi connectivity index (χ0n) is 20.9. The summed E-state index contributed by atoms with van der Waals surface area (Å²) < 4.78 is 11.6. The van der Waals surface area contributed by atoms with Gasteiger partial charge in [-0.15, -0.1) is 0 Å². The van der Waals surface area contributed by atoms with Gasteiger partial charge in [-0.3, -0.25) is 0 Å². The van der Waals surface area contributed by atoms with E-state index in [0.29, 0.717) is 16.6 Å². The van der Waals surface area contributed by atoms with E-state index in [1.54, 1.807) is 13.8 Å². The van der Waals surface area contributed by atoms with Gasteiger partial charge in [0, 0.05) is 11.1 Å². The predicted molar refractivity (Wildman–Crippen MR) is 128 cm³/mol. The molecule has 0 radical (unpaired) electrons. The lowest BCUT2D eigenvalue weighted by atomic mass is 9.48. The molecule has 0 aromatic heterocycles. The Balaban J connectivity index is 0.000000139. The molecule has 0 aromatic rings. The molecule has 0 amide bonds. The van der Waals surface area contributed by atoms with Gasteiger partial charge in [-0.2, -0.15) is 0 Å². The predicted octanol–water partition coefficient (Wildman–Crippen LogP) is 6.54. The lowest BCUT2D eigenvalue weighted by molar-refractivity contribution is -0.195. The second kappa shape index (κ2) is 7.99. The summed E-state index contributed by atoms with van der Waals surface area (Å²) in [5.74, 6) is 3.69. The van der Waals surface area contributed by atoms with E-state index in [1.165, 1.54) is 38.5 Å². The fraction of sp³-hybridized carbons (Fsp3) is 0.793. The van der Waals surface area contributed by atoms with Gasteiger partial charge in [-0.05, 0) is 126 Å². The van der Waals surface area contributed by atoms with Gasteiger partial charge in [-0.25, -0.2) is 9.59 Å². The van der Waals surface area contributed by atoms with Gasteiger partial charge in [0.1, 0.15) is 11.2 Å². The highest BCUT2D eigenvalue weighted by Gasteiger charge is 2.58. The Kier molecular flexibility index (Phi) is 5.61. The Hall–Kier alpha value is -1.58. The number of ether oxygens (including phenoxy) is 2. The molecule has 0 N–H and O–H groups in total. The average molecular weight is 455 g/mol. The summed E-state index contributed by atoms with van der Waals surface area (Å²) in [6, 6.07) is 0. The van der Waals surface area contributed by atoms with Crippen LogP contribution in [-0.2, 0) is 19.1 Å². The van der Waals surface area contributed by atoms with Gasteiger partial charge >= 0.3 is 11.9 Å². The second-order valence-corrected chi connectivity index (χ2v) is 13.4. The van der Waals surface area contributed by atoms with Crippen molar-refractivity contribution in [2.24, 2.45) is 35.0 Å². The number of hydrogen-bond donors (Lipinski definition) is 0. The third-order valence-electron chi connectivity index (χ3n) is 9.60. The lowest BCUT2D eigenvalue weighted by Crippen LogP contribution is -2.56. The van der Waals surface area contributed by atoms with E-state index >= 15 is 0 Å². The summed E-state index contributed by atoms with van der Waals surface area (Å²) in [5, 5.41) is 0. The quantitative estimate of drug-likeness (QED) is 0.357. The molecule has 8 rings (SSSR count). The minimum Gasteiger partial charge on any atom is -0.456 e. The van der Waals surface area contributed by atoms with Crippen LogP contribution in [0.25, 0.3) is 0 Å². The molecule has 0 aromatic carbocycles. The molecule has 0 heterocycles. The Morgan fingerprint density at radius 2 is 1.00 bits per heavy atom. The van der Waals surface area contributed by atoms with Crippen molar-refractivity contribution in [3.05, 3.63) is 24.3 Å². The van der Waals surface area contributed by atoms with Gasteiger partial charge in [0.25, 0.3) is 0 Å². The van der Waals surface area contributed by atoms with Gasteiger partial charge in [0.2, 0.25) is 0 Å². The molecule has 0 aliphatic heterocycles. The zero-order valence-corrected chi connectivity index (χ0v) is 20.9. The number of hydrogen-bond acceptors (Lipinski definition) is 4. The molecular weight excluding hydrogens is 412 g/mol. The molecule has 8 aliphatic rings. The zero-order chi connectivity index (χ0) is 23.6. The van der Waals surface area contributed by atoms with Crippen LogP contribution in [0.5, 0.6) is 0 Å². The monoisotopic (exact) mass is 454 g/mol. The topological polar surface area (TPSA) is 52.6 Å². The second-order valence-electron chi connectivity index (χ2n) is 13.4. The van der Waals surface area contributed by atoms with Crippen LogP contribution < -0.4 is 0 Å². The van der Waals surface area contributed by atoms with Crippen LogP contribution in [-0.4, -0.2) is 23.1 Å². The molecule has 2 unspecified atom stereocenters. The largest absolute Gasteiger partial charge is 0.456 e. The van der Waals surface area contributed by atoms with Crippen LogP contribution in [0, 0.1) is 35.0 Å². The highest BCUT2D eigenvalue weighted by molar-refractivity contribution is 5.87. The van der Waals surface area contributed by atoms with Crippen molar-refractivity contribution in [3.63, 3.8) is 0 Å². The molecule has 33 heavy (non-hydrogen) atoms. The van der Waals surface area contributed by atoms with Crippen LogP contribution in [0.4, 0.5) is 0 Å². The van der Waals surface area contributed by atoms with Crippen molar-refractivity contribution >= 4 is 11.9 Å². The summed E-state index contributed by atoms with van der Waals surface area (Å²) in [6.45, 7) is 13.2. The van der Waals surface area contributed by atoms with Crippen molar-refractivity contribution in [2.75, 3.05) is 0 Å². The molecule has 8 fully saturated rings. The average Bonchev–Trinajstić information content (AvgIpc) is 2.64. The summed E-state index contributed by atoms with van der Waals surface area (Å²) in [4.78, 5) is 23.5. The molecular formula is C29H42O4. The Labute approximate surface area is 199 Å². The fourth-order valence-electron chi connectivity index (χ4n) is 9.47. The van der Waals surface area contributed by atoms with Gasteiger partial charge < -0.3 is 9.47 Å². The maximum atomic E-state index is 11.8. The van der Waals surface area contributed by atoms with E-state index in [9.17, 15) is 9.59 Å². The number of carbonyl (C=O) groups excluding carboxylic acids is 2. The van der Waals surface area contributed by atoms with Crippen molar-refractivity contribution in [1.82, 2.24) is 0 Å². The normalized spacial score (nSPS) is 45.7. The molecule has 8 bridgehead atoms. The smallest absolute Gasteiger partial charge is 0.333 e. The first-order chi connectivity index (χ1) is 15.5. The van der Waals surface area contributed by atoms with Crippen LogP contribution in [0.15, 0.2) is 24.3 Å².